The number of hydrogen-bond donors (Lipinski definition) is 0. The number of para-hydroxylation sites is 1. The average Bonchev–Trinajstić information content (AvgIpc) is 3.92. The molecule has 0 fully saturated rings. The van der Waals surface area contributed by atoms with E-state index in [1.807, 2.05) is 97.1 Å². The Hall–Kier alpha value is -9.87. The van der Waals surface area contributed by atoms with E-state index in [2.05, 4.69) is 139 Å². The Morgan fingerprint density at radius 1 is 0.324 bits per heavy atom. The molecule has 3 heterocycles. The molecule has 0 aliphatic heterocycles. The molecule has 314 valence electrons. The first-order valence-electron chi connectivity index (χ1n) is 22.1. The SMILES string of the molecule is [C-]#[N+]c1ccc2c(c1)c1cc([N+]#[C-])ccc1n2-c1ccc2c(c1)c1ccccc1n2-c1ccc(-c2ccc(-c3ccc(-c4cc(-c5ccccc5)nc(-c5ccccc5)n4)cc3)cc2)cc1[N+]#[C-]. The Morgan fingerprint density at radius 3 is 1.40 bits per heavy atom. The van der Waals surface area contributed by atoms with Gasteiger partial charge in [-0.1, -0.05) is 146 Å². The summed E-state index contributed by atoms with van der Waals surface area (Å²) in [7, 11) is 0. The molecule has 7 nitrogen and oxygen atoms in total. The fourth-order valence-corrected chi connectivity index (χ4v) is 9.51. The molecule has 0 saturated heterocycles. The van der Waals surface area contributed by atoms with Gasteiger partial charge in [0.15, 0.2) is 17.2 Å². The van der Waals surface area contributed by atoms with Crippen LogP contribution in [0.1, 0.15) is 0 Å². The van der Waals surface area contributed by atoms with Crippen molar-refractivity contribution in [2.75, 3.05) is 0 Å². The van der Waals surface area contributed by atoms with Crippen LogP contribution in [0.25, 0.3) is 126 Å². The van der Waals surface area contributed by atoms with Crippen LogP contribution in [0.2, 0.25) is 0 Å². The molecule has 68 heavy (non-hydrogen) atoms. The van der Waals surface area contributed by atoms with Gasteiger partial charge in [0.25, 0.3) is 0 Å². The minimum Gasteiger partial charge on any atom is -0.319 e. The lowest BCUT2D eigenvalue weighted by Crippen LogP contribution is -1.96. The van der Waals surface area contributed by atoms with E-state index >= 15 is 0 Å². The number of hydrogen-bond acceptors (Lipinski definition) is 2. The van der Waals surface area contributed by atoms with Gasteiger partial charge in [0.05, 0.1) is 58.9 Å². The molecule has 0 N–H and O–H groups in total. The Bertz CT molecular complexity index is 3960. The highest BCUT2D eigenvalue weighted by Crippen LogP contribution is 2.41. The van der Waals surface area contributed by atoms with E-state index < -0.39 is 0 Å². The molecule has 0 bridgehead atoms. The molecule has 0 spiro atoms. The van der Waals surface area contributed by atoms with E-state index in [0.717, 1.165) is 105 Å². The summed E-state index contributed by atoms with van der Waals surface area (Å²) >= 11 is 0. The highest BCUT2D eigenvalue weighted by atomic mass is 15.0. The predicted octanol–water partition coefficient (Wildman–Crippen LogP) is 16.7. The van der Waals surface area contributed by atoms with Crippen molar-refractivity contribution >= 4 is 60.7 Å². The fraction of sp³-hybridized carbons (Fsp3) is 0. The van der Waals surface area contributed by atoms with Crippen molar-refractivity contribution in [3.63, 3.8) is 0 Å². The third kappa shape index (κ3) is 6.74. The molecule has 7 heteroatoms. The third-order valence-electron chi connectivity index (χ3n) is 12.8. The van der Waals surface area contributed by atoms with Gasteiger partial charge in [0, 0.05) is 33.2 Å². The average molecular weight is 866 g/mol. The standard InChI is InChI=1S/C61H35N7/c1-62-46-27-31-57-50(35-46)51-36-47(63-2)28-32-58(51)67(57)48-29-33-59-52(37-48)49-16-10-11-17-56(49)68(59)60-30-26-45(34-55(60)64-3)41-20-18-39(19-21-41)40-22-24-43(25-23-40)54-38-53(42-12-6-4-7-13-42)65-61(66-54)44-14-8-5-9-15-44/h4-38H. The van der Waals surface area contributed by atoms with Gasteiger partial charge in [0.2, 0.25) is 5.69 Å². The van der Waals surface area contributed by atoms with Gasteiger partial charge in [-0.3, -0.25) is 0 Å². The van der Waals surface area contributed by atoms with E-state index in [9.17, 15) is 0 Å². The van der Waals surface area contributed by atoms with Gasteiger partial charge in [-0.05, 0) is 99.8 Å². The summed E-state index contributed by atoms with van der Waals surface area (Å²) in [5.74, 6) is 0.688. The minimum atomic E-state index is 0.554. The fourth-order valence-electron chi connectivity index (χ4n) is 9.51. The van der Waals surface area contributed by atoms with Gasteiger partial charge >= 0.3 is 0 Å². The molecular formula is C61H35N7. The summed E-state index contributed by atoms with van der Waals surface area (Å²) in [6.07, 6.45) is 0. The third-order valence-corrected chi connectivity index (χ3v) is 12.8. The number of benzene rings is 9. The maximum Gasteiger partial charge on any atom is 0.211 e. The molecule has 9 aromatic carbocycles. The summed E-state index contributed by atoms with van der Waals surface area (Å²) in [5.41, 5.74) is 16.3. The zero-order valence-corrected chi connectivity index (χ0v) is 36.3. The quantitative estimate of drug-likeness (QED) is 0.150. The Morgan fingerprint density at radius 2 is 0.794 bits per heavy atom. The van der Waals surface area contributed by atoms with E-state index in [1.54, 1.807) is 0 Å². The smallest absolute Gasteiger partial charge is 0.211 e. The van der Waals surface area contributed by atoms with Crippen molar-refractivity contribution < 1.29 is 0 Å². The zero-order chi connectivity index (χ0) is 45.7. The second kappa shape index (κ2) is 16.3. The molecule has 12 aromatic rings. The van der Waals surface area contributed by atoms with Crippen LogP contribution >= 0.6 is 0 Å². The van der Waals surface area contributed by atoms with Crippen LogP contribution in [0.15, 0.2) is 212 Å². The van der Waals surface area contributed by atoms with Crippen molar-refractivity contribution in [3.8, 4) is 67.5 Å². The van der Waals surface area contributed by atoms with Crippen LogP contribution in [-0.4, -0.2) is 19.1 Å². The monoisotopic (exact) mass is 865 g/mol. The molecule has 0 radical (unpaired) electrons. The van der Waals surface area contributed by atoms with E-state index in [1.165, 1.54) is 0 Å². The van der Waals surface area contributed by atoms with Crippen molar-refractivity contribution in [3.05, 3.63) is 247 Å². The van der Waals surface area contributed by atoms with Crippen molar-refractivity contribution in [1.82, 2.24) is 19.1 Å². The summed E-state index contributed by atoms with van der Waals surface area (Å²) in [6.45, 7) is 23.7. The number of nitrogens with zero attached hydrogens (tertiary/aromatic N) is 7. The highest BCUT2D eigenvalue weighted by Gasteiger charge is 2.19. The highest BCUT2D eigenvalue weighted by molar-refractivity contribution is 6.13. The lowest BCUT2D eigenvalue weighted by Gasteiger charge is -2.13. The van der Waals surface area contributed by atoms with Crippen LogP contribution in [0, 0.1) is 19.7 Å². The second-order valence-corrected chi connectivity index (χ2v) is 16.7. The number of aromatic nitrogens is 4. The van der Waals surface area contributed by atoms with Crippen LogP contribution in [-0.2, 0) is 0 Å². The molecule has 0 atom stereocenters. The lowest BCUT2D eigenvalue weighted by atomic mass is 9.98. The van der Waals surface area contributed by atoms with Crippen molar-refractivity contribution in [2.45, 2.75) is 0 Å². The van der Waals surface area contributed by atoms with Crippen LogP contribution in [0.5, 0.6) is 0 Å². The van der Waals surface area contributed by atoms with Gasteiger partial charge in [-0.25, -0.2) is 24.5 Å². The normalized spacial score (nSPS) is 11.2. The molecule has 0 aliphatic carbocycles. The largest absolute Gasteiger partial charge is 0.319 e. The van der Waals surface area contributed by atoms with Crippen LogP contribution in [0.4, 0.5) is 17.1 Å². The van der Waals surface area contributed by atoms with Crippen LogP contribution < -0.4 is 0 Å². The van der Waals surface area contributed by atoms with E-state index in [0.29, 0.717) is 22.9 Å². The van der Waals surface area contributed by atoms with Gasteiger partial charge in [0.1, 0.15) is 0 Å². The summed E-state index contributed by atoms with van der Waals surface area (Å²) in [4.78, 5) is 21.4. The first-order valence-corrected chi connectivity index (χ1v) is 22.1. The first-order chi connectivity index (χ1) is 33.5. The van der Waals surface area contributed by atoms with E-state index in [-0.39, 0.29) is 0 Å². The molecule has 3 aromatic heterocycles. The summed E-state index contributed by atoms with van der Waals surface area (Å²) < 4.78 is 4.40. The molecule has 0 aliphatic rings. The Kier molecular flexibility index (Phi) is 9.51. The molecule has 0 saturated carbocycles. The summed E-state index contributed by atoms with van der Waals surface area (Å²) in [5, 5.41) is 3.99. The zero-order valence-electron chi connectivity index (χ0n) is 36.3. The summed E-state index contributed by atoms with van der Waals surface area (Å²) in [6, 6.07) is 71.8. The van der Waals surface area contributed by atoms with Crippen molar-refractivity contribution in [1.29, 1.82) is 0 Å². The maximum atomic E-state index is 8.40. The molecule has 12 rings (SSSR count). The maximum absolute atomic E-state index is 8.40. The van der Waals surface area contributed by atoms with Gasteiger partial charge < -0.3 is 9.13 Å². The Balaban J connectivity index is 0.871. The minimum absolute atomic E-state index is 0.554. The Labute approximate surface area is 392 Å². The van der Waals surface area contributed by atoms with Gasteiger partial charge in [-0.15, -0.1) is 0 Å². The second-order valence-electron chi connectivity index (χ2n) is 16.7. The van der Waals surface area contributed by atoms with Gasteiger partial charge in [-0.2, -0.15) is 0 Å². The van der Waals surface area contributed by atoms with Crippen molar-refractivity contribution in [2.24, 2.45) is 0 Å². The molecule has 0 amide bonds. The number of fused-ring (bicyclic) bond motifs is 6. The predicted molar refractivity (Wildman–Crippen MR) is 277 cm³/mol. The topological polar surface area (TPSA) is 48.7 Å². The molecule has 0 unspecified atom stereocenters. The number of rotatable bonds is 7. The first kappa shape index (κ1) is 39.7. The van der Waals surface area contributed by atoms with Crippen LogP contribution in [0.3, 0.4) is 0 Å². The van der Waals surface area contributed by atoms with E-state index in [4.69, 9.17) is 29.7 Å². The molecular weight excluding hydrogens is 831 g/mol. The lowest BCUT2D eigenvalue weighted by molar-refractivity contribution is 1.17.